The van der Waals surface area contributed by atoms with Gasteiger partial charge in [0, 0.05) is 10.8 Å². The fraction of sp³-hybridized carbons (Fsp3) is 0.103. The number of carbonyl (C=O) groups is 2. The molecule has 2 aromatic heterocycles. The Balaban J connectivity index is 1.47. The highest BCUT2D eigenvalue weighted by Crippen LogP contribution is 2.40. The number of hydrogen-bond acceptors (Lipinski definition) is 8. The molecule has 5 rings (SSSR count). The molecule has 0 aliphatic carbocycles. The van der Waals surface area contributed by atoms with E-state index in [2.05, 4.69) is 57.0 Å². The summed E-state index contributed by atoms with van der Waals surface area (Å²) >= 11 is 2.49. The van der Waals surface area contributed by atoms with Crippen LogP contribution in [0.25, 0.3) is 0 Å². The number of benzene rings is 3. The van der Waals surface area contributed by atoms with Gasteiger partial charge in [-0.1, -0.05) is 91.0 Å². The second-order valence-corrected chi connectivity index (χ2v) is 9.94. The average Bonchev–Trinajstić information content (AvgIpc) is 3.63. The van der Waals surface area contributed by atoms with E-state index in [0.717, 1.165) is 28.0 Å². The summed E-state index contributed by atoms with van der Waals surface area (Å²) in [6.45, 7) is 1.98. The van der Waals surface area contributed by atoms with Crippen LogP contribution < -0.4 is 10.6 Å². The van der Waals surface area contributed by atoms with E-state index < -0.39 is 17.4 Å². The Morgan fingerprint density at radius 3 is 1.74 bits per heavy atom. The van der Waals surface area contributed by atoms with E-state index in [0.29, 0.717) is 10.3 Å². The van der Waals surface area contributed by atoms with Crippen molar-refractivity contribution in [2.45, 2.75) is 12.5 Å². The standard InChI is InChI=1S/C29H24N4O3S2/c1-2-36-26(35)24-19-37-27(31-24)32-25(34)23-18-38-28(30-23)33-29(20-12-6-3-7-13-20,21-14-8-4-9-15-21)22-16-10-5-11-17-22/h3-19H,2H2,1H3,(H,30,33)(H,31,32,34). The molecule has 0 aliphatic rings. The maximum Gasteiger partial charge on any atom is 0.357 e. The van der Waals surface area contributed by atoms with E-state index in [4.69, 9.17) is 4.74 Å². The maximum absolute atomic E-state index is 13.0. The van der Waals surface area contributed by atoms with Gasteiger partial charge in [-0.15, -0.1) is 22.7 Å². The van der Waals surface area contributed by atoms with Crippen molar-refractivity contribution in [2.75, 3.05) is 17.2 Å². The Kier molecular flexibility index (Phi) is 7.57. The minimum Gasteiger partial charge on any atom is -0.461 e. The number of hydrogen-bond donors (Lipinski definition) is 2. The zero-order valence-electron chi connectivity index (χ0n) is 20.5. The number of nitrogens with zero attached hydrogens (tertiary/aromatic N) is 2. The second kappa shape index (κ2) is 11.4. The van der Waals surface area contributed by atoms with Crippen LogP contribution in [0.15, 0.2) is 102 Å². The Morgan fingerprint density at radius 1 is 0.737 bits per heavy atom. The smallest absolute Gasteiger partial charge is 0.357 e. The summed E-state index contributed by atoms with van der Waals surface area (Å²) in [6.07, 6.45) is 0. The molecule has 0 bridgehead atoms. The average molecular weight is 541 g/mol. The molecular weight excluding hydrogens is 516 g/mol. The Labute approximate surface area is 228 Å². The molecule has 0 fully saturated rings. The van der Waals surface area contributed by atoms with Crippen molar-refractivity contribution in [3.05, 3.63) is 130 Å². The largest absolute Gasteiger partial charge is 0.461 e. The van der Waals surface area contributed by atoms with Gasteiger partial charge in [0.05, 0.1) is 6.61 Å². The lowest BCUT2D eigenvalue weighted by atomic mass is 9.77. The van der Waals surface area contributed by atoms with Crippen LogP contribution in [0.1, 0.15) is 44.6 Å². The molecule has 5 aromatic rings. The monoisotopic (exact) mass is 540 g/mol. The van der Waals surface area contributed by atoms with Crippen LogP contribution in [0.5, 0.6) is 0 Å². The highest BCUT2D eigenvalue weighted by atomic mass is 32.1. The van der Waals surface area contributed by atoms with E-state index in [1.54, 1.807) is 17.7 Å². The predicted molar refractivity (Wildman–Crippen MR) is 151 cm³/mol. The lowest BCUT2D eigenvalue weighted by Gasteiger charge is -2.36. The zero-order valence-corrected chi connectivity index (χ0v) is 22.1. The molecule has 0 saturated carbocycles. The molecule has 3 aromatic carbocycles. The number of esters is 1. The van der Waals surface area contributed by atoms with Gasteiger partial charge < -0.3 is 10.1 Å². The van der Waals surface area contributed by atoms with Gasteiger partial charge in [-0.3, -0.25) is 10.1 Å². The number of ether oxygens (including phenoxy) is 1. The van der Waals surface area contributed by atoms with Crippen molar-refractivity contribution in [1.82, 2.24) is 9.97 Å². The Bertz CT molecular complexity index is 1420. The zero-order chi connectivity index (χ0) is 26.4. The van der Waals surface area contributed by atoms with Crippen LogP contribution in [0.2, 0.25) is 0 Å². The number of aromatic nitrogens is 2. The number of nitrogens with one attached hydrogen (secondary N) is 2. The Hall–Kier alpha value is -4.34. The van der Waals surface area contributed by atoms with Gasteiger partial charge in [-0.05, 0) is 23.6 Å². The molecule has 0 unspecified atom stereocenters. The van der Waals surface area contributed by atoms with Gasteiger partial charge in [0.25, 0.3) is 5.91 Å². The summed E-state index contributed by atoms with van der Waals surface area (Å²) in [4.78, 5) is 33.6. The number of anilines is 2. The van der Waals surface area contributed by atoms with Crippen LogP contribution in [0, 0.1) is 0 Å². The first kappa shape index (κ1) is 25.3. The van der Waals surface area contributed by atoms with Crippen molar-refractivity contribution in [1.29, 1.82) is 0 Å². The van der Waals surface area contributed by atoms with Crippen LogP contribution in [0.3, 0.4) is 0 Å². The SMILES string of the molecule is CCOC(=O)c1csc(NC(=O)c2csc(NC(c3ccccc3)(c3ccccc3)c3ccccc3)n2)n1. The quantitative estimate of drug-likeness (QED) is 0.165. The first-order chi connectivity index (χ1) is 18.6. The van der Waals surface area contributed by atoms with E-state index in [1.165, 1.54) is 11.3 Å². The molecule has 190 valence electrons. The molecule has 38 heavy (non-hydrogen) atoms. The molecular formula is C29H24N4O3S2. The van der Waals surface area contributed by atoms with Gasteiger partial charge in [-0.2, -0.15) is 0 Å². The van der Waals surface area contributed by atoms with E-state index in [9.17, 15) is 9.59 Å². The van der Waals surface area contributed by atoms with Gasteiger partial charge in [0.1, 0.15) is 11.2 Å². The topological polar surface area (TPSA) is 93.2 Å². The molecule has 0 atom stereocenters. The van der Waals surface area contributed by atoms with Gasteiger partial charge in [-0.25, -0.2) is 14.8 Å². The predicted octanol–water partition coefficient (Wildman–Crippen LogP) is 6.43. The van der Waals surface area contributed by atoms with Crippen molar-refractivity contribution < 1.29 is 14.3 Å². The fourth-order valence-electron chi connectivity index (χ4n) is 4.17. The summed E-state index contributed by atoms with van der Waals surface area (Å²) in [5, 5.41) is 10.5. The normalized spacial score (nSPS) is 11.1. The lowest BCUT2D eigenvalue weighted by Crippen LogP contribution is -2.38. The molecule has 2 N–H and O–H groups in total. The number of rotatable bonds is 9. The third-order valence-corrected chi connectivity index (χ3v) is 7.38. The van der Waals surface area contributed by atoms with Crippen molar-refractivity contribution in [3.8, 4) is 0 Å². The molecule has 9 heteroatoms. The molecule has 2 heterocycles. The number of thiazole rings is 2. The van der Waals surface area contributed by atoms with Crippen molar-refractivity contribution in [2.24, 2.45) is 0 Å². The first-order valence-electron chi connectivity index (χ1n) is 11.9. The van der Waals surface area contributed by atoms with Crippen molar-refractivity contribution >= 4 is 44.8 Å². The van der Waals surface area contributed by atoms with Gasteiger partial charge >= 0.3 is 5.97 Å². The third-order valence-electron chi connectivity index (χ3n) is 5.86. The summed E-state index contributed by atoms with van der Waals surface area (Å²) in [7, 11) is 0. The Morgan fingerprint density at radius 2 is 1.21 bits per heavy atom. The molecule has 7 nitrogen and oxygen atoms in total. The molecule has 0 saturated heterocycles. The number of carbonyl (C=O) groups excluding carboxylic acids is 2. The van der Waals surface area contributed by atoms with Crippen LogP contribution in [-0.4, -0.2) is 28.5 Å². The fourth-order valence-corrected chi connectivity index (χ4v) is 5.59. The molecule has 0 spiro atoms. The molecule has 0 aliphatic heterocycles. The molecule has 1 amide bonds. The second-order valence-electron chi connectivity index (χ2n) is 8.22. The third kappa shape index (κ3) is 5.20. The summed E-state index contributed by atoms with van der Waals surface area (Å²) in [5.41, 5.74) is 2.76. The van der Waals surface area contributed by atoms with Crippen LogP contribution in [-0.2, 0) is 10.3 Å². The van der Waals surface area contributed by atoms with Gasteiger partial charge in [0.2, 0.25) is 0 Å². The minimum atomic E-state index is -0.751. The highest BCUT2D eigenvalue weighted by molar-refractivity contribution is 7.14. The lowest BCUT2D eigenvalue weighted by molar-refractivity contribution is 0.0520. The van der Waals surface area contributed by atoms with Crippen LogP contribution >= 0.6 is 22.7 Å². The van der Waals surface area contributed by atoms with E-state index in [1.807, 2.05) is 54.6 Å². The summed E-state index contributed by atoms with van der Waals surface area (Å²) in [6, 6.07) is 30.5. The van der Waals surface area contributed by atoms with Crippen molar-refractivity contribution in [3.63, 3.8) is 0 Å². The van der Waals surface area contributed by atoms with Crippen LogP contribution in [0.4, 0.5) is 10.3 Å². The summed E-state index contributed by atoms with van der Waals surface area (Å²) < 4.78 is 4.96. The number of amides is 1. The minimum absolute atomic E-state index is 0.158. The first-order valence-corrected chi connectivity index (χ1v) is 13.7. The summed E-state index contributed by atoms with van der Waals surface area (Å²) in [5.74, 6) is -0.938. The molecule has 0 radical (unpaired) electrons. The van der Waals surface area contributed by atoms with Gasteiger partial charge in [0.15, 0.2) is 16.0 Å². The highest BCUT2D eigenvalue weighted by Gasteiger charge is 2.37. The maximum atomic E-state index is 13.0. The van der Waals surface area contributed by atoms with E-state index >= 15 is 0 Å². The van der Waals surface area contributed by atoms with E-state index in [-0.39, 0.29) is 18.0 Å².